The molecule has 1 aliphatic heterocycles. The Kier molecular flexibility index (Phi) is 4.92. The average Bonchev–Trinajstić information content (AvgIpc) is 3.43. The molecule has 3 aliphatic rings. The molecule has 0 atom stereocenters. The van der Waals surface area contributed by atoms with Gasteiger partial charge >= 0.3 is 0 Å². The highest BCUT2D eigenvalue weighted by molar-refractivity contribution is 7.89. The van der Waals surface area contributed by atoms with E-state index in [4.69, 9.17) is 11.6 Å². The highest BCUT2D eigenvalue weighted by Gasteiger charge is 2.53. The first-order valence-corrected chi connectivity index (χ1v) is 12.4. The van der Waals surface area contributed by atoms with Crippen LogP contribution >= 0.6 is 11.6 Å². The minimum atomic E-state index is -3.53. The summed E-state index contributed by atoms with van der Waals surface area (Å²) < 4.78 is 27.8. The molecule has 7 heteroatoms. The average molecular weight is 445 g/mol. The van der Waals surface area contributed by atoms with Gasteiger partial charge in [0.1, 0.15) is 0 Å². The van der Waals surface area contributed by atoms with Crippen LogP contribution in [0.25, 0.3) is 0 Å². The molecular formula is C23H25ClN2O3S. The molecule has 1 heterocycles. The zero-order chi connectivity index (χ0) is 20.9. The van der Waals surface area contributed by atoms with Crippen LogP contribution in [0.2, 0.25) is 5.02 Å². The van der Waals surface area contributed by atoms with E-state index in [0.717, 1.165) is 43.2 Å². The molecule has 2 aliphatic carbocycles. The van der Waals surface area contributed by atoms with Crippen LogP contribution in [-0.2, 0) is 33.1 Å². The van der Waals surface area contributed by atoms with E-state index in [1.54, 1.807) is 6.07 Å². The Labute approximate surface area is 182 Å². The second-order valence-electron chi connectivity index (χ2n) is 8.57. The van der Waals surface area contributed by atoms with E-state index in [1.807, 2.05) is 41.3 Å². The molecule has 0 unspecified atom stereocenters. The number of rotatable bonds is 4. The third-order valence-corrected chi connectivity index (χ3v) is 8.94. The standard InChI is InChI=1S/C23H25ClN2O3S/c24-20-7-5-19(6-8-20)23(10-11-23)22(27)25-12-14-26(15-13-25)30(28,29)21-9-4-17-2-1-3-18(17)16-21/h4-9,16H,1-3,10-15H2. The largest absolute Gasteiger partial charge is 0.339 e. The summed E-state index contributed by atoms with van der Waals surface area (Å²) in [5, 5.41) is 0.660. The van der Waals surface area contributed by atoms with Crippen molar-refractivity contribution in [3.05, 3.63) is 64.2 Å². The monoisotopic (exact) mass is 444 g/mol. The number of sulfonamides is 1. The molecule has 5 rings (SSSR count). The van der Waals surface area contributed by atoms with Gasteiger partial charge in [0.25, 0.3) is 0 Å². The van der Waals surface area contributed by atoms with Gasteiger partial charge in [-0.15, -0.1) is 0 Å². The molecule has 2 aromatic carbocycles. The third-order valence-electron chi connectivity index (χ3n) is 6.79. The first-order chi connectivity index (χ1) is 14.4. The number of benzene rings is 2. The minimum Gasteiger partial charge on any atom is -0.339 e. The highest BCUT2D eigenvalue weighted by Crippen LogP contribution is 2.50. The van der Waals surface area contributed by atoms with Gasteiger partial charge < -0.3 is 4.90 Å². The quantitative estimate of drug-likeness (QED) is 0.726. The number of carbonyl (C=O) groups excluding carboxylic acids is 1. The summed E-state index contributed by atoms with van der Waals surface area (Å²) in [6.07, 6.45) is 4.75. The Morgan fingerprint density at radius 2 is 1.57 bits per heavy atom. The molecule has 1 saturated carbocycles. The van der Waals surface area contributed by atoms with Crippen molar-refractivity contribution in [2.45, 2.75) is 42.4 Å². The molecule has 0 N–H and O–H groups in total. The number of hydrogen-bond donors (Lipinski definition) is 0. The van der Waals surface area contributed by atoms with Gasteiger partial charge in [0.15, 0.2) is 0 Å². The molecule has 158 valence electrons. The molecule has 1 saturated heterocycles. The van der Waals surface area contributed by atoms with Gasteiger partial charge in [-0.25, -0.2) is 8.42 Å². The van der Waals surface area contributed by atoms with E-state index in [1.165, 1.54) is 9.87 Å². The molecule has 0 radical (unpaired) electrons. The predicted molar refractivity (Wildman–Crippen MR) is 116 cm³/mol. The predicted octanol–water partition coefficient (Wildman–Crippen LogP) is 3.39. The van der Waals surface area contributed by atoms with Crippen LogP contribution in [0.3, 0.4) is 0 Å². The maximum atomic E-state index is 13.2. The molecule has 0 spiro atoms. The van der Waals surface area contributed by atoms with Gasteiger partial charge in [-0.1, -0.05) is 29.8 Å². The summed E-state index contributed by atoms with van der Waals surface area (Å²) >= 11 is 5.99. The summed E-state index contributed by atoms with van der Waals surface area (Å²) in [5.74, 6) is 0.111. The van der Waals surface area contributed by atoms with Crippen molar-refractivity contribution in [1.29, 1.82) is 0 Å². The molecule has 30 heavy (non-hydrogen) atoms. The third kappa shape index (κ3) is 3.35. The Morgan fingerprint density at radius 1 is 0.900 bits per heavy atom. The SMILES string of the molecule is O=C(N1CCN(S(=O)(=O)c2ccc3c(c2)CCC3)CC1)C1(c2ccc(Cl)cc2)CC1. The number of piperazine rings is 1. The fraction of sp³-hybridized carbons (Fsp3) is 0.435. The molecule has 0 aromatic heterocycles. The van der Waals surface area contributed by atoms with Crippen LogP contribution in [-0.4, -0.2) is 49.7 Å². The maximum Gasteiger partial charge on any atom is 0.243 e. The number of fused-ring (bicyclic) bond motifs is 1. The van der Waals surface area contributed by atoms with E-state index in [9.17, 15) is 13.2 Å². The number of aryl methyl sites for hydroxylation is 2. The van der Waals surface area contributed by atoms with Crippen molar-refractivity contribution in [3.8, 4) is 0 Å². The minimum absolute atomic E-state index is 0.111. The van der Waals surface area contributed by atoms with E-state index in [0.29, 0.717) is 36.1 Å². The van der Waals surface area contributed by atoms with Crippen LogP contribution in [0.5, 0.6) is 0 Å². The lowest BCUT2D eigenvalue weighted by atomic mass is 9.94. The van der Waals surface area contributed by atoms with Gasteiger partial charge in [-0.05, 0) is 73.1 Å². The highest BCUT2D eigenvalue weighted by atomic mass is 35.5. The van der Waals surface area contributed by atoms with Crippen molar-refractivity contribution < 1.29 is 13.2 Å². The second kappa shape index (κ2) is 7.36. The molecule has 5 nitrogen and oxygen atoms in total. The molecule has 2 fully saturated rings. The van der Waals surface area contributed by atoms with Crippen LogP contribution < -0.4 is 0 Å². The molecule has 0 bridgehead atoms. The fourth-order valence-electron chi connectivity index (χ4n) is 4.81. The smallest absolute Gasteiger partial charge is 0.243 e. The first kappa shape index (κ1) is 20.0. The lowest BCUT2D eigenvalue weighted by Crippen LogP contribution is -2.52. The molecular weight excluding hydrogens is 420 g/mol. The van der Waals surface area contributed by atoms with E-state index in [2.05, 4.69) is 0 Å². The van der Waals surface area contributed by atoms with Crippen LogP contribution in [0.4, 0.5) is 0 Å². The van der Waals surface area contributed by atoms with Crippen molar-refractivity contribution >= 4 is 27.5 Å². The molecule has 2 aromatic rings. The van der Waals surface area contributed by atoms with Crippen molar-refractivity contribution in [3.63, 3.8) is 0 Å². The Morgan fingerprint density at radius 3 is 2.23 bits per heavy atom. The lowest BCUT2D eigenvalue weighted by molar-refractivity contribution is -0.135. The van der Waals surface area contributed by atoms with Crippen molar-refractivity contribution in [1.82, 2.24) is 9.21 Å². The van der Waals surface area contributed by atoms with Gasteiger partial charge in [0.05, 0.1) is 10.3 Å². The van der Waals surface area contributed by atoms with E-state index < -0.39 is 15.4 Å². The number of nitrogens with zero attached hydrogens (tertiary/aromatic N) is 2. The fourth-order valence-corrected chi connectivity index (χ4v) is 6.41. The van der Waals surface area contributed by atoms with Crippen molar-refractivity contribution in [2.75, 3.05) is 26.2 Å². The second-order valence-corrected chi connectivity index (χ2v) is 10.9. The Balaban J connectivity index is 1.28. The van der Waals surface area contributed by atoms with Gasteiger partial charge in [0.2, 0.25) is 15.9 Å². The lowest BCUT2D eigenvalue weighted by Gasteiger charge is -2.36. The van der Waals surface area contributed by atoms with Crippen LogP contribution in [0, 0.1) is 0 Å². The zero-order valence-corrected chi connectivity index (χ0v) is 18.4. The summed E-state index contributed by atoms with van der Waals surface area (Å²) in [7, 11) is -3.53. The first-order valence-electron chi connectivity index (χ1n) is 10.6. The molecule has 1 amide bonds. The van der Waals surface area contributed by atoms with Crippen LogP contribution in [0.15, 0.2) is 47.4 Å². The number of hydrogen-bond acceptors (Lipinski definition) is 3. The van der Waals surface area contributed by atoms with Gasteiger partial charge in [-0.2, -0.15) is 4.31 Å². The summed E-state index contributed by atoms with van der Waals surface area (Å²) in [4.78, 5) is 15.5. The number of carbonyl (C=O) groups is 1. The van der Waals surface area contributed by atoms with Gasteiger partial charge in [-0.3, -0.25) is 4.79 Å². The maximum absolute atomic E-state index is 13.2. The summed E-state index contributed by atoms with van der Waals surface area (Å²) in [6, 6.07) is 13.0. The Bertz CT molecular complexity index is 1090. The van der Waals surface area contributed by atoms with Gasteiger partial charge in [0, 0.05) is 31.2 Å². The number of halogens is 1. The topological polar surface area (TPSA) is 57.7 Å². The van der Waals surface area contributed by atoms with Crippen LogP contribution in [0.1, 0.15) is 36.0 Å². The number of amides is 1. The summed E-state index contributed by atoms with van der Waals surface area (Å²) in [5.41, 5.74) is 2.97. The Hall–Kier alpha value is -1.89. The zero-order valence-electron chi connectivity index (χ0n) is 16.8. The van der Waals surface area contributed by atoms with E-state index >= 15 is 0 Å². The van der Waals surface area contributed by atoms with Crippen molar-refractivity contribution in [2.24, 2.45) is 0 Å². The summed E-state index contributed by atoms with van der Waals surface area (Å²) in [6.45, 7) is 1.53. The normalized spacial score (nSPS) is 20.8. The van der Waals surface area contributed by atoms with E-state index in [-0.39, 0.29) is 5.91 Å².